The smallest absolute Gasteiger partial charge is 0.263 e. The van der Waals surface area contributed by atoms with Crippen LogP contribution >= 0.6 is 11.6 Å². The average Bonchev–Trinajstić information content (AvgIpc) is 3.20. The molecule has 1 fully saturated rings. The van der Waals surface area contributed by atoms with Crippen molar-refractivity contribution in [1.82, 2.24) is 24.8 Å². The van der Waals surface area contributed by atoms with Crippen LogP contribution in [0, 0.1) is 5.92 Å². The zero-order valence-electron chi connectivity index (χ0n) is 18.4. The van der Waals surface area contributed by atoms with Crippen LogP contribution in [-0.2, 0) is 21.4 Å². The molecule has 0 bridgehead atoms. The molecule has 2 atom stereocenters. The Morgan fingerprint density at radius 3 is 2.85 bits per heavy atom. The number of amides is 1. The summed E-state index contributed by atoms with van der Waals surface area (Å²) in [5, 5.41) is 11.3. The van der Waals surface area contributed by atoms with Crippen LogP contribution < -0.4 is 10.2 Å². The number of hydrogen-bond acceptors (Lipinski definition) is 6. The first-order chi connectivity index (χ1) is 15.8. The quantitative estimate of drug-likeness (QED) is 0.544. The third kappa shape index (κ3) is 5.13. The maximum absolute atomic E-state index is 13.1. The fourth-order valence-corrected chi connectivity index (χ4v) is 5.62. The van der Waals surface area contributed by atoms with Crippen molar-refractivity contribution in [1.29, 1.82) is 0 Å². The minimum Gasteiger partial charge on any atom is -0.382 e. The van der Waals surface area contributed by atoms with Gasteiger partial charge in [-0.3, -0.25) is 4.79 Å². The maximum atomic E-state index is 13.1. The summed E-state index contributed by atoms with van der Waals surface area (Å²) >= 11 is 6.13. The minimum absolute atomic E-state index is 0.145. The van der Waals surface area contributed by atoms with Gasteiger partial charge < -0.3 is 10.2 Å². The lowest BCUT2D eigenvalue weighted by Crippen LogP contribution is -2.39. The summed E-state index contributed by atoms with van der Waals surface area (Å²) in [5.41, 5.74) is 1.62. The van der Waals surface area contributed by atoms with Crippen LogP contribution in [0.15, 0.2) is 47.4 Å². The van der Waals surface area contributed by atoms with E-state index in [0.717, 1.165) is 23.3 Å². The molecule has 9 nitrogen and oxygen atoms in total. The molecule has 2 aromatic carbocycles. The van der Waals surface area contributed by atoms with Crippen molar-refractivity contribution in [3.05, 3.63) is 53.1 Å². The number of nitrogens with one attached hydrogen (secondary N) is 1. The molecule has 1 N–H and O–H groups in total. The van der Waals surface area contributed by atoms with Crippen LogP contribution in [0.4, 0.5) is 0 Å². The molecule has 2 heterocycles. The summed E-state index contributed by atoms with van der Waals surface area (Å²) < 4.78 is 27.8. The first-order valence-electron chi connectivity index (χ1n) is 10.8. The predicted octanol–water partition coefficient (Wildman–Crippen LogP) is 2.64. The van der Waals surface area contributed by atoms with Crippen molar-refractivity contribution in [3.8, 4) is 0 Å². The van der Waals surface area contributed by atoms with E-state index in [0.29, 0.717) is 35.1 Å². The molecule has 1 aliphatic heterocycles. The van der Waals surface area contributed by atoms with E-state index in [2.05, 4.69) is 22.6 Å². The van der Waals surface area contributed by atoms with Crippen molar-refractivity contribution < 1.29 is 18.0 Å². The van der Waals surface area contributed by atoms with E-state index in [1.165, 1.54) is 16.4 Å². The highest BCUT2D eigenvalue weighted by molar-refractivity contribution is 7.89. The number of benzene rings is 2. The van der Waals surface area contributed by atoms with Crippen molar-refractivity contribution in [3.63, 3.8) is 0 Å². The molecule has 176 valence electrons. The van der Waals surface area contributed by atoms with Crippen LogP contribution in [0.5, 0.6) is 0 Å². The number of sulfonamides is 1. The van der Waals surface area contributed by atoms with Crippen molar-refractivity contribution in [2.75, 3.05) is 13.1 Å². The van der Waals surface area contributed by atoms with Gasteiger partial charge in [-0.2, -0.15) is 4.31 Å². The molecule has 3 aromatic rings. The normalized spacial score (nSPS) is 18.2. The average molecular weight is 492 g/mol. The van der Waals surface area contributed by atoms with Gasteiger partial charge in [-0.05, 0) is 60.7 Å². The zero-order valence-corrected chi connectivity index (χ0v) is 20.0. The number of carbonyl (C=O) groups excluding carboxylic acids is 1. The van der Waals surface area contributed by atoms with Gasteiger partial charge in [0.05, 0.1) is 4.90 Å². The summed E-state index contributed by atoms with van der Waals surface area (Å²) in [6.07, 6.45) is 0.957. The molecule has 2 unspecified atom stereocenters. The topological polar surface area (TPSA) is 106 Å². The molecular formula is C22H26ClN5O4S. The van der Waals surface area contributed by atoms with Crippen molar-refractivity contribution >= 4 is 38.6 Å². The number of fused-ring (bicyclic) bond motifs is 1. The molecule has 1 amide bonds. The number of carbonyl (C=O) groups is 1. The van der Waals surface area contributed by atoms with Crippen molar-refractivity contribution in [2.24, 2.45) is 5.92 Å². The Morgan fingerprint density at radius 1 is 1.30 bits per heavy atom. The largest absolute Gasteiger partial charge is 0.382 e. The van der Waals surface area contributed by atoms with E-state index in [-0.39, 0.29) is 17.3 Å². The second kappa shape index (κ2) is 9.66. The SMILES string of the molecule is CC1CCCN(S(=O)(=O)c2ccc3nnn(OC(C)C(=O)NCc4ccccc4Cl)c3c2)C1. The van der Waals surface area contributed by atoms with Crippen molar-refractivity contribution in [2.45, 2.75) is 44.2 Å². The fraction of sp³-hybridized carbons (Fsp3) is 0.409. The Bertz CT molecular complexity index is 1260. The van der Waals surface area contributed by atoms with Gasteiger partial charge in [-0.1, -0.05) is 41.6 Å². The predicted molar refractivity (Wildman–Crippen MR) is 124 cm³/mol. The Kier molecular flexibility index (Phi) is 6.87. The number of rotatable bonds is 7. The summed E-state index contributed by atoms with van der Waals surface area (Å²) in [6, 6.07) is 11.8. The number of aromatic nitrogens is 3. The molecule has 1 saturated heterocycles. The van der Waals surface area contributed by atoms with Gasteiger partial charge in [0.15, 0.2) is 0 Å². The fourth-order valence-electron chi connectivity index (χ4n) is 3.80. The molecule has 33 heavy (non-hydrogen) atoms. The van der Waals surface area contributed by atoms with Gasteiger partial charge in [0.2, 0.25) is 16.1 Å². The van der Waals surface area contributed by atoms with Gasteiger partial charge in [-0.25, -0.2) is 8.42 Å². The van der Waals surface area contributed by atoms with Gasteiger partial charge in [-0.15, -0.1) is 5.10 Å². The number of nitrogens with zero attached hydrogens (tertiary/aromatic N) is 4. The summed E-state index contributed by atoms with van der Waals surface area (Å²) in [7, 11) is -3.65. The molecule has 0 saturated carbocycles. The maximum Gasteiger partial charge on any atom is 0.263 e. The van der Waals surface area contributed by atoms with Gasteiger partial charge in [0.25, 0.3) is 5.91 Å². The molecule has 11 heteroatoms. The number of hydrogen-bond donors (Lipinski definition) is 1. The number of halogens is 1. The lowest BCUT2D eigenvalue weighted by atomic mass is 10.0. The Hall–Kier alpha value is -2.69. The first kappa shape index (κ1) is 23.5. The van der Waals surface area contributed by atoms with Gasteiger partial charge in [0.1, 0.15) is 11.0 Å². The lowest BCUT2D eigenvalue weighted by Gasteiger charge is -2.30. The van der Waals surface area contributed by atoms with Gasteiger partial charge in [0, 0.05) is 24.7 Å². The molecule has 1 aromatic heterocycles. The van der Waals surface area contributed by atoms with E-state index in [1.807, 2.05) is 18.2 Å². The molecule has 1 aliphatic rings. The minimum atomic E-state index is -3.65. The van der Waals surface area contributed by atoms with Crippen LogP contribution in [-0.4, -0.2) is 53.0 Å². The molecule has 0 spiro atoms. The van der Waals surface area contributed by atoms with E-state index in [9.17, 15) is 13.2 Å². The van der Waals surface area contributed by atoms with E-state index >= 15 is 0 Å². The van der Waals surface area contributed by atoms with Crippen LogP contribution in [0.3, 0.4) is 0 Å². The van der Waals surface area contributed by atoms with Crippen LogP contribution in [0.25, 0.3) is 11.0 Å². The van der Waals surface area contributed by atoms with Gasteiger partial charge >= 0.3 is 0 Å². The molecular weight excluding hydrogens is 466 g/mol. The van der Waals surface area contributed by atoms with E-state index in [4.69, 9.17) is 16.4 Å². The zero-order chi connectivity index (χ0) is 23.6. The second-order valence-corrected chi connectivity index (χ2v) is 10.6. The third-order valence-electron chi connectivity index (χ3n) is 5.68. The Labute approximate surface area is 197 Å². The first-order valence-corrected chi connectivity index (χ1v) is 12.6. The highest BCUT2D eigenvalue weighted by Crippen LogP contribution is 2.25. The molecule has 4 rings (SSSR count). The summed E-state index contributed by atoms with van der Waals surface area (Å²) in [6.45, 7) is 4.88. The molecule has 0 radical (unpaired) electrons. The Morgan fingerprint density at radius 2 is 2.09 bits per heavy atom. The lowest BCUT2D eigenvalue weighted by molar-refractivity contribution is -0.133. The highest BCUT2D eigenvalue weighted by Gasteiger charge is 2.29. The summed E-state index contributed by atoms with van der Waals surface area (Å²) in [5.74, 6) is -0.0532. The summed E-state index contributed by atoms with van der Waals surface area (Å²) in [4.78, 5) is 19.4. The standard InChI is InChI=1S/C22H26ClN5O4S/c1-15-6-5-11-27(14-15)33(30,31)18-9-10-20-21(12-18)28(26-25-20)32-16(2)22(29)24-13-17-7-3-4-8-19(17)23/h3-4,7-10,12,15-16H,5-6,11,13-14H2,1-2H3,(H,24,29). The second-order valence-electron chi connectivity index (χ2n) is 8.28. The monoisotopic (exact) mass is 491 g/mol. The highest BCUT2D eigenvalue weighted by atomic mass is 35.5. The van der Waals surface area contributed by atoms with E-state index < -0.39 is 16.1 Å². The third-order valence-corrected chi connectivity index (χ3v) is 7.91. The van der Waals surface area contributed by atoms with E-state index in [1.54, 1.807) is 19.1 Å². The van der Waals surface area contributed by atoms with Crippen LogP contribution in [0.1, 0.15) is 32.3 Å². The van der Waals surface area contributed by atoms with Crippen LogP contribution in [0.2, 0.25) is 5.02 Å². The molecule has 0 aliphatic carbocycles. The Balaban J connectivity index is 1.49. The number of piperidine rings is 1.